The van der Waals surface area contributed by atoms with Crippen LogP contribution >= 0.6 is 12.4 Å². The predicted octanol–water partition coefficient (Wildman–Crippen LogP) is 2.61. The molecule has 1 unspecified atom stereocenters. The Labute approximate surface area is 130 Å². The molecule has 0 saturated carbocycles. The van der Waals surface area contributed by atoms with E-state index in [1.165, 1.54) is 12.8 Å². The fraction of sp³-hybridized carbons (Fsp3) is 0.467. The first-order chi connectivity index (χ1) is 9.86. The van der Waals surface area contributed by atoms with Crippen molar-refractivity contribution in [3.8, 4) is 5.88 Å². The van der Waals surface area contributed by atoms with Gasteiger partial charge in [0, 0.05) is 13.1 Å². The summed E-state index contributed by atoms with van der Waals surface area (Å²) in [5.74, 6) is 1.28. The van der Waals surface area contributed by atoms with Gasteiger partial charge in [-0.25, -0.2) is 9.97 Å². The van der Waals surface area contributed by atoms with Crippen molar-refractivity contribution in [3.05, 3.63) is 24.3 Å². The average Bonchev–Trinajstić information content (AvgIpc) is 2.53. The van der Waals surface area contributed by atoms with Crippen LogP contribution in [0.1, 0.15) is 19.3 Å². The van der Waals surface area contributed by atoms with Crippen molar-refractivity contribution in [2.24, 2.45) is 0 Å². The van der Waals surface area contributed by atoms with Gasteiger partial charge < -0.3 is 15.4 Å². The summed E-state index contributed by atoms with van der Waals surface area (Å²) < 4.78 is 5.88. The number of fused-ring (bicyclic) bond motifs is 1. The highest BCUT2D eigenvalue weighted by Crippen LogP contribution is 2.23. The second-order valence-corrected chi connectivity index (χ2v) is 5.07. The van der Waals surface area contributed by atoms with Crippen molar-refractivity contribution in [3.63, 3.8) is 0 Å². The van der Waals surface area contributed by atoms with E-state index in [0.29, 0.717) is 24.3 Å². The minimum Gasteiger partial charge on any atom is -0.473 e. The van der Waals surface area contributed by atoms with Gasteiger partial charge in [-0.15, -0.1) is 12.4 Å². The molecule has 3 rings (SSSR count). The summed E-state index contributed by atoms with van der Waals surface area (Å²) in [6.45, 7) is 1.72. The van der Waals surface area contributed by atoms with Crippen molar-refractivity contribution in [1.29, 1.82) is 0 Å². The number of ether oxygens (including phenoxy) is 1. The van der Waals surface area contributed by atoms with Crippen LogP contribution in [0.15, 0.2) is 24.3 Å². The van der Waals surface area contributed by atoms with E-state index in [2.05, 4.69) is 20.6 Å². The molecule has 6 heteroatoms. The molecule has 0 spiro atoms. The normalized spacial score (nSPS) is 18.0. The molecule has 1 aliphatic heterocycles. The number of rotatable bonds is 4. The Bertz CT molecular complexity index is 587. The zero-order chi connectivity index (χ0) is 13.8. The van der Waals surface area contributed by atoms with E-state index < -0.39 is 0 Å². The van der Waals surface area contributed by atoms with Crippen molar-refractivity contribution in [2.45, 2.75) is 25.3 Å². The number of aromatic nitrogens is 2. The topological polar surface area (TPSA) is 59.1 Å². The molecule has 21 heavy (non-hydrogen) atoms. The average molecular weight is 309 g/mol. The van der Waals surface area contributed by atoms with Crippen LogP contribution in [0.25, 0.3) is 11.0 Å². The van der Waals surface area contributed by atoms with Crippen LogP contribution in [0, 0.1) is 0 Å². The Balaban J connectivity index is 0.00000161. The van der Waals surface area contributed by atoms with Crippen LogP contribution in [0.2, 0.25) is 0 Å². The van der Waals surface area contributed by atoms with Gasteiger partial charge in [-0.3, -0.25) is 0 Å². The van der Waals surface area contributed by atoms with Gasteiger partial charge in [-0.2, -0.15) is 0 Å². The number of nitrogens with zero attached hydrogens (tertiary/aromatic N) is 2. The standard InChI is InChI=1S/C15H20N4O.ClH/c1-16-14-15(20-10-11-6-4-5-9-17-11)19-13-8-3-2-7-12(13)18-14;/h2-3,7-8,11,17H,4-6,9-10H2,1H3,(H,16,18);1H. The highest BCUT2D eigenvalue weighted by molar-refractivity contribution is 5.85. The molecule has 0 amide bonds. The molecule has 5 nitrogen and oxygen atoms in total. The first kappa shape index (κ1) is 15.8. The van der Waals surface area contributed by atoms with E-state index in [0.717, 1.165) is 24.0 Å². The van der Waals surface area contributed by atoms with Gasteiger partial charge in [0.1, 0.15) is 6.61 Å². The maximum Gasteiger partial charge on any atom is 0.258 e. The van der Waals surface area contributed by atoms with E-state index in [-0.39, 0.29) is 12.4 Å². The molecular weight excluding hydrogens is 288 g/mol. The summed E-state index contributed by atoms with van der Waals surface area (Å²) in [6.07, 6.45) is 3.69. The van der Waals surface area contributed by atoms with Crippen LogP contribution in [0.4, 0.5) is 5.82 Å². The minimum atomic E-state index is 0. The molecule has 1 saturated heterocycles. The second kappa shape index (κ2) is 7.43. The number of nitrogens with one attached hydrogen (secondary N) is 2. The maximum absolute atomic E-state index is 5.88. The minimum absolute atomic E-state index is 0. The van der Waals surface area contributed by atoms with Crippen LogP contribution in [0.3, 0.4) is 0 Å². The van der Waals surface area contributed by atoms with Crippen LogP contribution in [-0.4, -0.2) is 36.2 Å². The molecule has 1 aromatic heterocycles. The van der Waals surface area contributed by atoms with E-state index in [1.54, 1.807) is 0 Å². The molecular formula is C15H21ClN4O. The van der Waals surface area contributed by atoms with Crippen LogP contribution in [0.5, 0.6) is 5.88 Å². The van der Waals surface area contributed by atoms with Crippen molar-refractivity contribution >= 4 is 29.3 Å². The molecule has 0 radical (unpaired) electrons. The highest BCUT2D eigenvalue weighted by Gasteiger charge is 2.15. The zero-order valence-electron chi connectivity index (χ0n) is 12.1. The fourth-order valence-electron chi connectivity index (χ4n) is 2.49. The third-order valence-corrected chi connectivity index (χ3v) is 3.61. The van der Waals surface area contributed by atoms with E-state index in [9.17, 15) is 0 Å². The SMILES string of the molecule is CNc1nc2ccccc2nc1OCC1CCCCN1.Cl. The highest BCUT2D eigenvalue weighted by atomic mass is 35.5. The Hall–Kier alpha value is -1.59. The lowest BCUT2D eigenvalue weighted by molar-refractivity contribution is 0.233. The third kappa shape index (κ3) is 3.74. The zero-order valence-corrected chi connectivity index (χ0v) is 12.9. The quantitative estimate of drug-likeness (QED) is 0.909. The van der Waals surface area contributed by atoms with Gasteiger partial charge in [-0.05, 0) is 31.5 Å². The van der Waals surface area contributed by atoms with E-state index >= 15 is 0 Å². The lowest BCUT2D eigenvalue weighted by Crippen LogP contribution is -2.38. The summed E-state index contributed by atoms with van der Waals surface area (Å²) >= 11 is 0. The monoisotopic (exact) mass is 308 g/mol. The molecule has 2 aromatic rings. The fourth-order valence-corrected chi connectivity index (χ4v) is 2.49. The third-order valence-electron chi connectivity index (χ3n) is 3.61. The molecule has 1 fully saturated rings. The van der Waals surface area contributed by atoms with E-state index in [1.807, 2.05) is 31.3 Å². The second-order valence-electron chi connectivity index (χ2n) is 5.07. The van der Waals surface area contributed by atoms with Crippen molar-refractivity contribution in [2.75, 3.05) is 25.5 Å². The lowest BCUT2D eigenvalue weighted by atomic mass is 10.1. The molecule has 114 valence electrons. The van der Waals surface area contributed by atoms with Gasteiger partial charge in [-0.1, -0.05) is 18.6 Å². The molecule has 2 N–H and O–H groups in total. The molecule has 2 heterocycles. The largest absolute Gasteiger partial charge is 0.473 e. The summed E-state index contributed by atoms with van der Waals surface area (Å²) in [4.78, 5) is 9.09. The number of anilines is 1. The van der Waals surface area contributed by atoms with Gasteiger partial charge >= 0.3 is 0 Å². The number of piperidine rings is 1. The lowest BCUT2D eigenvalue weighted by Gasteiger charge is -2.23. The Morgan fingerprint density at radius 2 is 2.00 bits per heavy atom. The maximum atomic E-state index is 5.88. The van der Waals surface area contributed by atoms with E-state index in [4.69, 9.17) is 4.74 Å². The number of hydrogen-bond acceptors (Lipinski definition) is 5. The Morgan fingerprint density at radius 1 is 1.24 bits per heavy atom. The summed E-state index contributed by atoms with van der Waals surface area (Å²) in [7, 11) is 1.84. The molecule has 0 aliphatic carbocycles. The van der Waals surface area contributed by atoms with Crippen LogP contribution < -0.4 is 15.4 Å². The van der Waals surface area contributed by atoms with Gasteiger partial charge in [0.15, 0.2) is 5.82 Å². The van der Waals surface area contributed by atoms with Gasteiger partial charge in [0.05, 0.1) is 11.0 Å². The van der Waals surface area contributed by atoms with Crippen LogP contribution in [-0.2, 0) is 0 Å². The molecule has 0 bridgehead atoms. The van der Waals surface area contributed by atoms with Gasteiger partial charge in [0.25, 0.3) is 5.88 Å². The number of hydrogen-bond donors (Lipinski definition) is 2. The predicted molar refractivity (Wildman–Crippen MR) is 87.5 cm³/mol. The Morgan fingerprint density at radius 3 is 2.67 bits per heavy atom. The first-order valence-electron chi connectivity index (χ1n) is 7.17. The summed E-state index contributed by atoms with van der Waals surface area (Å²) in [5.41, 5.74) is 1.73. The van der Waals surface area contributed by atoms with Gasteiger partial charge in [0.2, 0.25) is 0 Å². The number of benzene rings is 1. The first-order valence-corrected chi connectivity index (χ1v) is 7.17. The molecule has 1 aromatic carbocycles. The van der Waals surface area contributed by atoms with Crippen molar-refractivity contribution < 1.29 is 4.74 Å². The summed E-state index contributed by atoms with van der Waals surface area (Å²) in [5, 5.41) is 6.53. The Kier molecular flexibility index (Phi) is 5.59. The summed E-state index contributed by atoms with van der Waals surface area (Å²) in [6, 6.07) is 8.25. The number of halogens is 1. The molecule has 1 atom stereocenters. The molecule has 1 aliphatic rings. The van der Waals surface area contributed by atoms with Crippen molar-refractivity contribution in [1.82, 2.24) is 15.3 Å². The smallest absolute Gasteiger partial charge is 0.258 e. The number of para-hydroxylation sites is 2.